The lowest BCUT2D eigenvalue weighted by molar-refractivity contribution is -0.300. The molecular formula is C32H30O4. The zero-order valence-corrected chi connectivity index (χ0v) is 21.6. The number of fused-ring (bicyclic) bond motifs is 2. The van der Waals surface area contributed by atoms with Gasteiger partial charge in [0.25, 0.3) is 0 Å². The van der Waals surface area contributed by atoms with Gasteiger partial charge in [-0.05, 0) is 46.3 Å². The fourth-order valence-electron chi connectivity index (χ4n) is 4.67. The number of hydrogen-bond acceptors (Lipinski definition) is 3. The molecule has 2 aromatic carbocycles. The van der Waals surface area contributed by atoms with Crippen LogP contribution in [0.2, 0.25) is 0 Å². The zero-order chi connectivity index (χ0) is 25.8. The number of carbonyl (C=O) groups is 1. The van der Waals surface area contributed by atoms with Crippen molar-refractivity contribution >= 4 is 28.4 Å². The minimum Gasteiger partial charge on any atom is -0.871 e. The second kappa shape index (κ2) is 8.34. The van der Waals surface area contributed by atoms with Crippen molar-refractivity contribution in [1.82, 2.24) is 0 Å². The molecule has 0 unspecified atom stereocenters. The SMILES string of the molecule is CC(C)(C)C1=C/C(=C\C2=C([O-])C(=C\c3cc(C(C)(C)C)c4ccccc4[o+]3)/C2=O)Oc2ccccc21. The van der Waals surface area contributed by atoms with Gasteiger partial charge in [0.05, 0.1) is 11.5 Å². The molecule has 4 nitrogen and oxygen atoms in total. The number of ketones is 1. The Kier molecular flexibility index (Phi) is 5.51. The van der Waals surface area contributed by atoms with Crippen molar-refractivity contribution in [1.29, 1.82) is 0 Å². The number of allylic oxidation sites excluding steroid dienone is 5. The maximum absolute atomic E-state index is 13.0. The highest BCUT2D eigenvalue weighted by Gasteiger charge is 2.31. The van der Waals surface area contributed by atoms with Crippen molar-refractivity contribution in [2.75, 3.05) is 0 Å². The van der Waals surface area contributed by atoms with Crippen molar-refractivity contribution in [3.05, 3.63) is 106 Å². The number of ether oxygens (including phenoxy) is 1. The molecule has 2 heterocycles. The number of rotatable bonds is 2. The Hall–Kier alpha value is -3.92. The summed E-state index contributed by atoms with van der Waals surface area (Å²) in [7, 11) is 0. The predicted octanol–water partition coefficient (Wildman–Crippen LogP) is 7.00. The Labute approximate surface area is 211 Å². The smallest absolute Gasteiger partial charge is 0.361 e. The number of Topliss-reactive ketones (excluding diaryl/α,β-unsaturated/α-hetero) is 1. The summed E-state index contributed by atoms with van der Waals surface area (Å²) in [6.07, 6.45) is 5.04. The number of hydrogen-bond donors (Lipinski definition) is 0. The molecule has 2 aliphatic rings. The number of carbonyl (C=O) groups excluding carboxylic acids is 1. The summed E-state index contributed by atoms with van der Waals surface area (Å²) in [6.45, 7) is 12.8. The molecule has 4 heteroatoms. The summed E-state index contributed by atoms with van der Waals surface area (Å²) in [5, 5.41) is 14.1. The average Bonchev–Trinajstić information content (AvgIpc) is 2.83. The van der Waals surface area contributed by atoms with E-state index in [0.717, 1.165) is 33.4 Å². The summed E-state index contributed by atoms with van der Waals surface area (Å²) >= 11 is 0. The van der Waals surface area contributed by atoms with Crippen molar-refractivity contribution in [2.45, 2.75) is 47.0 Å². The molecule has 0 saturated heterocycles. The topological polar surface area (TPSA) is 60.7 Å². The Morgan fingerprint density at radius 2 is 1.58 bits per heavy atom. The van der Waals surface area contributed by atoms with Crippen LogP contribution in [0.3, 0.4) is 0 Å². The van der Waals surface area contributed by atoms with Crippen LogP contribution in [0, 0.1) is 5.41 Å². The standard InChI is InChI=1S/C32H30O4/c1-31(2,3)25-17-19(35-27-13-9-7-11-21(25)27)15-23-29(33)24(30(23)34)16-20-18-26(32(4,5)6)22-12-8-10-14-28(22)36-20/h7-18H,1-6H3. The number of para-hydroxylation sites is 2. The van der Waals surface area contributed by atoms with Crippen LogP contribution in [0.1, 0.15) is 58.4 Å². The maximum atomic E-state index is 13.0. The van der Waals surface area contributed by atoms with E-state index in [1.807, 2.05) is 60.7 Å². The molecule has 1 aliphatic heterocycles. The molecule has 0 spiro atoms. The van der Waals surface area contributed by atoms with Gasteiger partial charge in [-0.3, -0.25) is 4.79 Å². The van der Waals surface area contributed by atoms with Crippen LogP contribution in [-0.4, -0.2) is 5.78 Å². The lowest BCUT2D eigenvalue weighted by Crippen LogP contribution is -2.29. The van der Waals surface area contributed by atoms with E-state index in [0.29, 0.717) is 11.5 Å². The van der Waals surface area contributed by atoms with Gasteiger partial charge < -0.3 is 9.84 Å². The van der Waals surface area contributed by atoms with Gasteiger partial charge in [0, 0.05) is 28.8 Å². The van der Waals surface area contributed by atoms with Gasteiger partial charge in [-0.15, -0.1) is 0 Å². The van der Waals surface area contributed by atoms with Crippen LogP contribution >= 0.6 is 0 Å². The molecule has 0 bridgehead atoms. The monoisotopic (exact) mass is 478 g/mol. The molecule has 0 radical (unpaired) electrons. The summed E-state index contributed by atoms with van der Waals surface area (Å²) < 4.78 is 12.1. The molecule has 36 heavy (non-hydrogen) atoms. The molecule has 1 aliphatic carbocycles. The lowest BCUT2D eigenvalue weighted by Gasteiger charge is -2.31. The van der Waals surface area contributed by atoms with Crippen LogP contribution in [0.25, 0.3) is 22.6 Å². The maximum Gasteiger partial charge on any atom is 0.361 e. The predicted molar refractivity (Wildman–Crippen MR) is 142 cm³/mol. The van der Waals surface area contributed by atoms with Gasteiger partial charge in [0.15, 0.2) is 5.78 Å². The number of benzene rings is 2. The van der Waals surface area contributed by atoms with Gasteiger partial charge in [-0.25, -0.2) is 4.42 Å². The largest absolute Gasteiger partial charge is 0.871 e. The van der Waals surface area contributed by atoms with E-state index in [-0.39, 0.29) is 33.5 Å². The Morgan fingerprint density at radius 3 is 2.28 bits per heavy atom. The van der Waals surface area contributed by atoms with Gasteiger partial charge >= 0.3 is 11.3 Å². The second-order valence-electron chi connectivity index (χ2n) is 11.4. The highest BCUT2D eigenvalue weighted by Crippen LogP contribution is 2.43. The van der Waals surface area contributed by atoms with Gasteiger partial charge in [0.2, 0.25) is 0 Å². The van der Waals surface area contributed by atoms with Crippen molar-refractivity contribution in [2.24, 2.45) is 5.41 Å². The first-order valence-electron chi connectivity index (χ1n) is 12.2. The molecule has 1 aromatic heterocycles. The van der Waals surface area contributed by atoms with Crippen molar-refractivity contribution in [3.63, 3.8) is 0 Å². The van der Waals surface area contributed by atoms with Crippen LogP contribution in [0.15, 0.2) is 93.8 Å². The van der Waals surface area contributed by atoms with E-state index >= 15 is 0 Å². The zero-order valence-electron chi connectivity index (χ0n) is 21.6. The minimum absolute atomic E-state index is 0.122. The summed E-state index contributed by atoms with van der Waals surface area (Å²) in [6, 6.07) is 17.5. The quantitative estimate of drug-likeness (QED) is 0.294. The average molecular weight is 479 g/mol. The molecule has 0 amide bonds. The first-order valence-corrected chi connectivity index (χ1v) is 12.2. The molecule has 0 N–H and O–H groups in total. The Bertz CT molecular complexity index is 1530. The van der Waals surface area contributed by atoms with Crippen molar-refractivity contribution < 1.29 is 19.1 Å². The van der Waals surface area contributed by atoms with E-state index in [1.54, 1.807) is 12.2 Å². The molecule has 182 valence electrons. The molecule has 0 saturated carbocycles. The lowest BCUT2D eigenvalue weighted by atomic mass is 9.80. The summed E-state index contributed by atoms with van der Waals surface area (Å²) in [4.78, 5) is 13.0. The van der Waals surface area contributed by atoms with E-state index in [9.17, 15) is 9.90 Å². The third kappa shape index (κ3) is 4.17. The second-order valence-corrected chi connectivity index (χ2v) is 11.4. The van der Waals surface area contributed by atoms with E-state index in [4.69, 9.17) is 9.15 Å². The third-order valence-corrected chi connectivity index (χ3v) is 6.55. The highest BCUT2D eigenvalue weighted by molar-refractivity contribution is 6.23. The Morgan fingerprint density at radius 1 is 0.889 bits per heavy atom. The van der Waals surface area contributed by atoms with Crippen LogP contribution in [0.5, 0.6) is 5.75 Å². The molecule has 5 rings (SSSR count). The van der Waals surface area contributed by atoms with E-state index in [2.05, 4.69) is 41.5 Å². The van der Waals surface area contributed by atoms with Crippen molar-refractivity contribution in [3.8, 4) is 5.75 Å². The van der Waals surface area contributed by atoms with Crippen LogP contribution in [0.4, 0.5) is 0 Å². The molecular weight excluding hydrogens is 448 g/mol. The van der Waals surface area contributed by atoms with E-state index < -0.39 is 0 Å². The van der Waals surface area contributed by atoms with E-state index in [1.165, 1.54) is 0 Å². The van der Waals surface area contributed by atoms with Crippen LogP contribution < -0.4 is 9.84 Å². The fourth-order valence-corrected chi connectivity index (χ4v) is 4.67. The normalized spacial score (nSPS) is 18.3. The fraction of sp³-hybridized carbons (Fsp3) is 0.250. The minimum atomic E-state index is -0.304. The van der Waals surface area contributed by atoms with Gasteiger partial charge in [0.1, 0.15) is 11.5 Å². The molecule has 0 fully saturated rings. The first-order chi connectivity index (χ1) is 16.9. The summed E-state index contributed by atoms with van der Waals surface area (Å²) in [5.74, 6) is 1.08. The molecule has 3 aromatic rings. The Balaban J connectivity index is 1.54. The van der Waals surface area contributed by atoms with Crippen LogP contribution in [-0.2, 0) is 10.2 Å². The van der Waals surface area contributed by atoms with Gasteiger partial charge in [-0.1, -0.05) is 77.6 Å². The van der Waals surface area contributed by atoms with Gasteiger partial charge in [-0.2, -0.15) is 0 Å². The molecule has 0 atom stereocenters. The first kappa shape index (κ1) is 23.8. The third-order valence-electron chi connectivity index (χ3n) is 6.55. The highest BCUT2D eigenvalue weighted by atomic mass is 16.5. The summed E-state index contributed by atoms with van der Waals surface area (Å²) in [5.41, 5.74) is 3.90.